The normalized spacial score (nSPS) is 29.6. The highest BCUT2D eigenvalue weighted by atomic mass is 16.5. The molecular formula is C24H31N3O4. The second kappa shape index (κ2) is 8.63. The lowest BCUT2D eigenvalue weighted by Gasteiger charge is -2.31. The number of benzene rings is 1. The molecule has 4 aliphatic rings. The number of nitrogens with one attached hydrogen (secondary N) is 1. The third-order valence-electron chi connectivity index (χ3n) is 7.04. The Morgan fingerprint density at radius 1 is 1.10 bits per heavy atom. The van der Waals surface area contributed by atoms with Gasteiger partial charge in [-0.25, -0.2) is 0 Å². The number of fused-ring (bicyclic) bond motifs is 1. The Labute approximate surface area is 183 Å². The molecule has 1 saturated carbocycles. The Balaban J connectivity index is 1.28. The molecule has 3 atom stereocenters. The van der Waals surface area contributed by atoms with Crippen LogP contribution in [0.3, 0.4) is 0 Å². The van der Waals surface area contributed by atoms with Crippen molar-refractivity contribution >= 4 is 11.8 Å². The van der Waals surface area contributed by atoms with Gasteiger partial charge in [0.05, 0.1) is 6.61 Å². The molecule has 2 amide bonds. The zero-order chi connectivity index (χ0) is 21.4. The van der Waals surface area contributed by atoms with E-state index in [1.54, 1.807) is 4.90 Å². The number of piperidine rings is 1. The summed E-state index contributed by atoms with van der Waals surface area (Å²) in [5.41, 5.74) is 2.35. The highest BCUT2D eigenvalue weighted by Gasteiger charge is 2.39. The van der Waals surface area contributed by atoms with Gasteiger partial charge in [0, 0.05) is 43.5 Å². The Morgan fingerprint density at radius 2 is 2.00 bits per heavy atom. The fourth-order valence-corrected chi connectivity index (χ4v) is 5.44. The number of hydrogen-bond donors (Lipinski definition) is 1. The maximum Gasteiger partial charge on any atom is 0.255 e. The van der Waals surface area contributed by atoms with Gasteiger partial charge in [0.1, 0.15) is 17.9 Å². The summed E-state index contributed by atoms with van der Waals surface area (Å²) in [5, 5.41) is 2.79. The third-order valence-corrected chi connectivity index (χ3v) is 7.04. The van der Waals surface area contributed by atoms with Gasteiger partial charge in [0.15, 0.2) is 0 Å². The lowest BCUT2D eigenvalue weighted by Crippen LogP contribution is -2.49. The molecule has 5 rings (SSSR count). The molecule has 3 unspecified atom stereocenters. The van der Waals surface area contributed by atoms with Gasteiger partial charge < -0.3 is 19.7 Å². The molecule has 1 aromatic rings. The number of rotatable bonds is 4. The molecule has 31 heavy (non-hydrogen) atoms. The van der Waals surface area contributed by atoms with E-state index in [9.17, 15) is 9.59 Å². The number of ether oxygens (including phenoxy) is 2. The first-order chi connectivity index (χ1) is 15.1. The Kier molecular flexibility index (Phi) is 5.71. The standard InChI is InChI=1S/C24H31N3O4/c1-16-6-9-21(23(28)25-16)27-15-17-14-18(7-8-19(17)24(27)29)31-22-5-2-4-20(22)26-10-3-12-30-13-11-26/h7-8,14,20-22H,1-6,9-13,15H2,(H,25,28). The molecule has 0 aromatic heterocycles. The van der Waals surface area contributed by atoms with Crippen LogP contribution in [0.2, 0.25) is 0 Å². The minimum atomic E-state index is -0.431. The fraction of sp³-hybridized carbons (Fsp3) is 0.583. The molecule has 166 valence electrons. The first-order valence-corrected chi connectivity index (χ1v) is 11.5. The van der Waals surface area contributed by atoms with E-state index in [2.05, 4.69) is 16.8 Å². The Bertz CT molecular complexity index is 878. The number of hydrogen-bond acceptors (Lipinski definition) is 5. The molecule has 3 aliphatic heterocycles. The van der Waals surface area contributed by atoms with Gasteiger partial charge in [-0.2, -0.15) is 0 Å². The fourth-order valence-electron chi connectivity index (χ4n) is 5.44. The van der Waals surface area contributed by atoms with Crippen molar-refractivity contribution in [1.82, 2.24) is 15.1 Å². The molecule has 0 radical (unpaired) electrons. The Hall–Kier alpha value is -2.38. The van der Waals surface area contributed by atoms with E-state index in [1.807, 2.05) is 18.2 Å². The summed E-state index contributed by atoms with van der Waals surface area (Å²) in [4.78, 5) is 29.5. The van der Waals surface area contributed by atoms with Gasteiger partial charge in [0.25, 0.3) is 5.91 Å². The van der Waals surface area contributed by atoms with Crippen molar-refractivity contribution in [1.29, 1.82) is 0 Å². The highest BCUT2D eigenvalue weighted by Crippen LogP contribution is 2.33. The molecule has 3 heterocycles. The predicted octanol–water partition coefficient (Wildman–Crippen LogP) is 2.46. The maximum atomic E-state index is 12.9. The molecule has 1 aliphatic carbocycles. The van der Waals surface area contributed by atoms with Crippen LogP contribution in [-0.2, 0) is 16.1 Å². The van der Waals surface area contributed by atoms with Crippen LogP contribution < -0.4 is 10.1 Å². The number of amides is 2. The van der Waals surface area contributed by atoms with E-state index in [0.717, 1.165) is 62.6 Å². The van der Waals surface area contributed by atoms with Crippen molar-refractivity contribution in [3.8, 4) is 5.75 Å². The molecular weight excluding hydrogens is 394 g/mol. The smallest absolute Gasteiger partial charge is 0.255 e. The average molecular weight is 426 g/mol. The van der Waals surface area contributed by atoms with E-state index >= 15 is 0 Å². The van der Waals surface area contributed by atoms with Crippen LogP contribution in [0.25, 0.3) is 0 Å². The van der Waals surface area contributed by atoms with Crippen molar-refractivity contribution in [3.63, 3.8) is 0 Å². The van der Waals surface area contributed by atoms with Crippen LogP contribution in [0.4, 0.5) is 0 Å². The molecule has 2 saturated heterocycles. The number of nitrogens with zero attached hydrogens (tertiary/aromatic N) is 2. The molecule has 7 heteroatoms. The lowest BCUT2D eigenvalue weighted by molar-refractivity contribution is -0.126. The first-order valence-electron chi connectivity index (χ1n) is 11.5. The zero-order valence-electron chi connectivity index (χ0n) is 18.0. The zero-order valence-corrected chi connectivity index (χ0v) is 18.0. The summed E-state index contributed by atoms with van der Waals surface area (Å²) in [6.45, 7) is 7.95. The number of carbonyl (C=O) groups excluding carboxylic acids is 2. The van der Waals surface area contributed by atoms with Gasteiger partial charge >= 0.3 is 0 Å². The summed E-state index contributed by atoms with van der Waals surface area (Å²) in [6, 6.07) is 5.75. The highest BCUT2D eigenvalue weighted by molar-refractivity contribution is 6.01. The van der Waals surface area contributed by atoms with E-state index in [4.69, 9.17) is 9.47 Å². The summed E-state index contributed by atoms with van der Waals surface area (Å²) in [5.74, 6) is 0.611. The van der Waals surface area contributed by atoms with Crippen molar-refractivity contribution in [2.24, 2.45) is 0 Å². The topological polar surface area (TPSA) is 71.1 Å². The van der Waals surface area contributed by atoms with Crippen molar-refractivity contribution in [3.05, 3.63) is 41.6 Å². The van der Waals surface area contributed by atoms with Gasteiger partial charge in [-0.1, -0.05) is 6.58 Å². The molecule has 0 spiro atoms. The molecule has 0 bridgehead atoms. The largest absolute Gasteiger partial charge is 0.489 e. The monoisotopic (exact) mass is 425 g/mol. The van der Waals surface area contributed by atoms with Crippen LogP contribution in [-0.4, -0.2) is 66.1 Å². The molecule has 3 fully saturated rings. The van der Waals surface area contributed by atoms with Gasteiger partial charge in [-0.05, 0) is 62.3 Å². The summed E-state index contributed by atoms with van der Waals surface area (Å²) in [7, 11) is 0. The Morgan fingerprint density at radius 3 is 2.87 bits per heavy atom. The number of carbonyl (C=O) groups is 2. The van der Waals surface area contributed by atoms with E-state index in [-0.39, 0.29) is 17.9 Å². The minimum absolute atomic E-state index is 0.0717. The van der Waals surface area contributed by atoms with E-state index in [1.165, 1.54) is 6.42 Å². The van der Waals surface area contributed by atoms with Crippen molar-refractivity contribution in [2.75, 3.05) is 26.3 Å². The van der Waals surface area contributed by atoms with Crippen molar-refractivity contribution in [2.45, 2.75) is 63.3 Å². The van der Waals surface area contributed by atoms with E-state index < -0.39 is 6.04 Å². The quantitative estimate of drug-likeness (QED) is 0.803. The minimum Gasteiger partial charge on any atom is -0.489 e. The van der Waals surface area contributed by atoms with Crippen LogP contribution in [0.5, 0.6) is 5.75 Å². The maximum absolute atomic E-state index is 12.9. The van der Waals surface area contributed by atoms with Crippen LogP contribution in [0.15, 0.2) is 30.5 Å². The van der Waals surface area contributed by atoms with Crippen LogP contribution in [0, 0.1) is 0 Å². The summed E-state index contributed by atoms with van der Waals surface area (Å²) in [6.07, 6.45) is 5.94. The SMILES string of the molecule is C=C1CCC(N2Cc3cc(OC4CCCC4N4CCCOCC4)ccc3C2=O)C(=O)N1. The third kappa shape index (κ3) is 4.08. The average Bonchev–Trinajstić information content (AvgIpc) is 3.22. The second-order valence-corrected chi connectivity index (χ2v) is 9.06. The first kappa shape index (κ1) is 20.5. The van der Waals surface area contributed by atoms with Gasteiger partial charge in [-0.3, -0.25) is 14.5 Å². The molecule has 1 aromatic carbocycles. The van der Waals surface area contributed by atoms with Gasteiger partial charge in [0.2, 0.25) is 5.91 Å². The predicted molar refractivity (Wildman–Crippen MR) is 116 cm³/mol. The molecule has 7 nitrogen and oxygen atoms in total. The van der Waals surface area contributed by atoms with Crippen molar-refractivity contribution < 1.29 is 19.1 Å². The van der Waals surface area contributed by atoms with Gasteiger partial charge in [-0.15, -0.1) is 0 Å². The number of allylic oxidation sites excluding steroid dienone is 1. The molecule has 1 N–H and O–H groups in total. The lowest BCUT2D eigenvalue weighted by atomic mass is 10.0. The van der Waals surface area contributed by atoms with Crippen LogP contribution in [0.1, 0.15) is 54.4 Å². The summed E-state index contributed by atoms with van der Waals surface area (Å²) >= 11 is 0. The van der Waals surface area contributed by atoms with E-state index in [0.29, 0.717) is 31.0 Å². The summed E-state index contributed by atoms with van der Waals surface area (Å²) < 4.78 is 12.1. The second-order valence-electron chi connectivity index (χ2n) is 9.06. The van der Waals surface area contributed by atoms with Crippen LogP contribution >= 0.6 is 0 Å².